The zero-order chi connectivity index (χ0) is 17.5. The van der Waals surface area contributed by atoms with Crippen molar-refractivity contribution < 1.29 is 14.3 Å². The summed E-state index contributed by atoms with van der Waals surface area (Å²) in [6.45, 7) is 1.85. The van der Waals surface area contributed by atoms with Crippen molar-refractivity contribution in [1.29, 1.82) is 0 Å². The van der Waals surface area contributed by atoms with Crippen molar-refractivity contribution in [2.24, 2.45) is 0 Å². The number of ether oxygens (including phenoxy) is 1. The molecule has 2 N–H and O–H groups in total. The van der Waals surface area contributed by atoms with Crippen LogP contribution in [0.5, 0.6) is 5.75 Å². The van der Waals surface area contributed by atoms with Crippen LogP contribution in [0, 0.1) is 0 Å². The molecule has 5 nitrogen and oxygen atoms in total. The van der Waals surface area contributed by atoms with Crippen molar-refractivity contribution in [2.45, 2.75) is 18.9 Å². The molecule has 0 aliphatic carbocycles. The quantitative estimate of drug-likeness (QED) is 0.763. The molecule has 1 heterocycles. The number of halogens is 1. The van der Waals surface area contributed by atoms with E-state index in [2.05, 4.69) is 10.6 Å². The molecule has 1 aliphatic rings. The number of piperidine rings is 1. The lowest BCUT2D eigenvalue weighted by atomic mass is 10.0. The van der Waals surface area contributed by atoms with Gasteiger partial charge in [0.25, 0.3) is 5.91 Å². The highest BCUT2D eigenvalue weighted by Gasteiger charge is 2.15. The Morgan fingerprint density at radius 1 is 0.962 bits per heavy atom. The molecule has 1 amide bonds. The Labute approximate surface area is 159 Å². The van der Waals surface area contributed by atoms with Crippen LogP contribution in [0.2, 0.25) is 0 Å². The third-order valence-electron chi connectivity index (χ3n) is 4.23. The van der Waals surface area contributed by atoms with Gasteiger partial charge in [-0.15, -0.1) is 12.4 Å². The normalized spacial score (nSPS) is 14.2. The molecule has 2 aromatic carbocycles. The van der Waals surface area contributed by atoms with Crippen LogP contribution < -0.4 is 15.4 Å². The first-order chi connectivity index (χ1) is 12.2. The van der Waals surface area contributed by atoms with Crippen LogP contribution in [0.1, 0.15) is 28.8 Å². The molecule has 1 saturated heterocycles. The SMILES string of the molecule is Cl.O=C(COc1ccc(C(=O)c2ccccc2)cc1)NC1CCNCC1. The molecule has 0 aromatic heterocycles. The Balaban J connectivity index is 0.00000243. The maximum atomic E-state index is 12.3. The summed E-state index contributed by atoms with van der Waals surface area (Å²) in [6, 6.07) is 16.2. The summed E-state index contributed by atoms with van der Waals surface area (Å²) in [7, 11) is 0. The van der Waals surface area contributed by atoms with Gasteiger partial charge in [0.1, 0.15) is 5.75 Å². The summed E-state index contributed by atoms with van der Waals surface area (Å²) in [4.78, 5) is 24.3. The zero-order valence-electron chi connectivity index (χ0n) is 14.4. The molecule has 1 aliphatic heterocycles. The van der Waals surface area contributed by atoms with Crippen LogP contribution >= 0.6 is 12.4 Å². The highest BCUT2D eigenvalue weighted by Crippen LogP contribution is 2.15. The molecule has 0 saturated carbocycles. The number of nitrogens with one attached hydrogen (secondary N) is 2. The smallest absolute Gasteiger partial charge is 0.258 e. The van der Waals surface area contributed by atoms with E-state index < -0.39 is 0 Å². The van der Waals surface area contributed by atoms with Gasteiger partial charge < -0.3 is 15.4 Å². The van der Waals surface area contributed by atoms with Crippen LogP contribution in [0.25, 0.3) is 0 Å². The van der Waals surface area contributed by atoms with E-state index >= 15 is 0 Å². The minimum Gasteiger partial charge on any atom is -0.484 e. The largest absolute Gasteiger partial charge is 0.484 e. The molecule has 6 heteroatoms. The molecule has 0 atom stereocenters. The van der Waals surface area contributed by atoms with E-state index in [1.54, 1.807) is 36.4 Å². The molecule has 0 radical (unpaired) electrons. The van der Waals surface area contributed by atoms with Gasteiger partial charge in [-0.3, -0.25) is 9.59 Å². The lowest BCUT2D eigenvalue weighted by Crippen LogP contribution is -2.44. The van der Waals surface area contributed by atoms with Crippen molar-refractivity contribution in [3.8, 4) is 5.75 Å². The third kappa shape index (κ3) is 5.58. The molecule has 1 fully saturated rings. The van der Waals surface area contributed by atoms with Gasteiger partial charge in [0.2, 0.25) is 0 Å². The standard InChI is InChI=1S/C20H22N2O3.ClH/c23-19(22-17-10-12-21-13-11-17)14-25-18-8-6-16(7-9-18)20(24)15-4-2-1-3-5-15;/h1-9,17,21H,10-14H2,(H,22,23);1H. The molecule has 0 bridgehead atoms. The predicted molar refractivity (Wildman–Crippen MR) is 103 cm³/mol. The van der Waals surface area contributed by atoms with Crippen LogP contribution in [0.15, 0.2) is 54.6 Å². The number of hydrogen-bond acceptors (Lipinski definition) is 4. The van der Waals surface area contributed by atoms with Gasteiger partial charge in [-0.1, -0.05) is 30.3 Å². The summed E-state index contributed by atoms with van der Waals surface area (Å²) in [6.07, 6.45) is 1.89. The number of benzene rings is 2. The van der Waals surface area contributed by atoms with Crippen LogP contribution in [0.3, 0.4) is 0 Å². The highest BCUT2D eigenvalue weighted by molar-refractivity contribution is 6.08. The first-order valence-electron chi connectivity index (χ1n) is 8.55. The minimum absolute atomic E-state index is 0. The Morgan fingerprint density at radius 2 is 1.58 bits per heavy atom. The number of amides is 1. The Kier molecular flexibility index (Phi) is 7.63. The predicted octanol–water partition coefficient (Wildman–Crippen LogP) is 2.59. The fourth-order valence-corrected chi connectivity index (χ4v) is 2.84. The molecule has 0 spiro atoms. The van der Waals surface area contributed by atoms with Crippen molar-refractivity contribution in [3.63, 3.8) is 0 Å². The van der Waals surface area contributed by atoms with E-state index in [1.807, 2.05) is 18.2 Å². The zero-order valence-corrected chi connectivity index (χ0v) is 15.3. The highest BCUT2D eigenvalue weighted by atomic mass is 35.5. The van der Waals surface area contributed by atoms with E-state index in [9.17, 15) is 9.59 Å². The molecule has 0 unspecified atom stereocenters. The third-order valence-corrected chi connectivity index (χ3v) is 4.23. The second-order valence-corrected chi connectivity index (χ2v) is 6.10. The van der Waals surface area contributed by atoms with Gasteiger partial charge in [0.15, 0.2) is 12.4 Å². The Hall–Kier alpha value is -2.37. The fourth-order valence-electron chi connectivity index (χ4n) is 2.84. The van der Waals surface area contributed by atoms with Crippen molar-refractivity contribution in [2.75, 3.05) is 19.7 Å². The van der Waals surface area contributed by atoms with E-state index in [0.29, 0.717) is 16.9 Å². The number of carbonyl (C=O) groups excluding carboxylic acids is 2. The molecular formula is C20H23ClN2O3. The first-order valence-corrected chi connectivity index (χ1v) is 8.55. The van der Waals surface area contributed by atoms with Crippen molar-refractivity contribution in [3.05, 3.63) is 65.7 Å². The van der Waals surface area contributed by atoms with Gasteiger partial charge in [0, 0.05) is 17.2 Å². The fraction of sp³-hybridized carbons (Fsp3) is 0.300. The molecule has 2 aromatic rings. The topological polar surface area (TPSA) is 67.4 Å². The average Bonchev–Trinajstić information content (AvgIpc) is 2.68. The van der Waals surface area contributed by atoms with Crippen molar-refractivity contribution >= 4 is 24.1 Å². The van der Waals surface area contributed by atoms with E-state index in [1.165, 1.54) is 0 Å². The summed E-state index contributed by atoms with van der Waals surface area (Å²) in [5.41, 5.74) is 1.25. The van der Waals surface area contributed by atoms with Crippen LogP contribution in [-0.2, 0) is 4.79 Å². The minimum atomic E-state index is -0.115. The second-order valence-electron chi connectivity index (χ2n) is 6.10. The number of ketones is 1. The summed E-state index contributed by atoms with van der Waals surface area (Å²) in [5, 5.41) is 6.24. The van der Waals surface area contributed by atoms with Gasteiger partial charge in [-0.2, -0.15) is 0 Å². The molecule has 138 valence electrons. The van der Waals surface area contributed by atoms with E-state index in [-0.39, 0.29) is 36.7 Å². The van der Waals surface area contributed by atoms with Gasteiger partial charge in [-0.25, -0.2) is 0 Å². The summed E-state index contributed by atoms with van der Waals surface area (Å²) >= 11 is 0. The first kappa shape index (κ1) is 19.9. The lowest BCUT2D eigenvalue weighted by molar-refractivity contribution is -0.123. The van der Waals surface area contributed by atoms with Gasteiger partial charge in [0.05, 0.1) is 0 Å². The number of hydrogen-bond donors (Lipinski definition) is 2. The second kappa shape index (κ2) is 9.94. The Bertz CT molecular complexity index is 714. The number of rotatable bonds is 6. The molecular weight excluding hydrogens is 352 g/mol. The van der Waals surface area contributed by atoms with Gasteiger partial charge in [-0.05, 0) is 50.2 Å². The maximum absolute atomic E-state index is 12.3. The summed E-state index contributed by atoms with van der Waals surface area (Å²) in [5.74, 6) is 0.428. The van der Waals surface area contributed by atoms with E-state index in [4.69, 9.17) is 4.74 Å². The molecule has 26 heavy (non-hydrogen) atoms. The van der Waals surface area contributed by atoms with Crippen LogP contribution in [-0.4, -0.2) is 37.4 Å². The number of carbonyl (C=O) groups is 2. The average molecular weight is 375 g/mol. The lowest BCUT2D eigenvalue weighted by Gasteiger charge is -2.23. The molecule has 3 rings (SSSR count). The van der Waals surface area contributed by atoms with Gasteiger partial charge >= 0.3 is 0 Å². The summed E-state index contributed by atoms with van der Waals surface area (Å²) < 4.78 is 5.51. The monoisotopic (exact) mass is 374 g/mol. The Morgan fingerprint density at radius 3 is 2.23 bits per heavy atom. The van der Waals surface area contributed by atoms with Crippen LogP contribution in [0.4, 0.5) is 0 Å². The maximum Gasteiger partial charge on any atom is 0.258 e. The van der Waals surface area contributed by atoms with E-state index in [0.717, 1.165) is 25.9 Å². The van der Waals surface area contributed by atoms with Crippen molar-refractivity contribution in [1.82, 2.24) is 10.6 Å².